The highest BCUT2D eigenvalue weighted by Gasteiger charge is 2.22. The van der Waals surface area contributed by atoms with Crippen molar-refractivity contribution in [3.05, 3.63) is 35.2 Å². The first-order chi connectivity index (χ1) is 9.93. The Bertz CT molecular complexity index is 625. The van der Waals surface area contributed by atoms with Crippen LogP contribution in [0.3, 0.4) is 0 Å². The Labute approximate surface area is 125 Å². The summed E-state index contributed by atoms with van der Waals surface area (Å²) < 4.78 is 33.2. The molecule has 1 aromatic carbocycles. The molecule has 1 N–H and O–H groups in total. The van der Waals surface area contributed by atoms with Gasteiger partial charge in [-0.15, -0.1) is 0 Å². The Morgan fingerprint density at radius 3 is 2.57 bits per heavy atom. The van der Waals surface area contributed by atoms with Crippen molar-refractivity contribution in [3.8, 4) is 11.5 Å². The Balaban J connectivity index is 1.97. The lowest BCUT2D eigenvalue weighted by Gasteiger charge is -2.18. The van der Waals surface area contributed by atoms with E-state index in [-0.39, 0.29) is 17.8 Å². The average molecular weight is 311 g/mol. The highest BCUT2D eigenvalue weighted by molar-refractivity contribution is 7.94. The molecule has 2 atom stereocenters. The summed E-state index contributed by atoms with van der Waals surface area (Å²) in [5.74, 6) is 1.54. The van der Waals surface area contributed by atoms with Crippen molar-refractivity contribution >= 4 is 9.84 Å². The molecule has 1 aliphatic rings. The molecule has 0 spiro atoms. The standard InChI is InChI=1S/C15H21NO4S/c1-11(16-13-6-7-21(17,18)10-13)8-12-4-5-14(19-2)15(9-12)20-3/h4-7,9,11,13,16H,8,10H2,1-3H3. The normalized spacial score (nSPS) is 21.2. The molecule has 0 aromatic heterocycles. The van der Waals surface area contributed by atoms with Crippen LogP contribution in [0.15, 0.2) is 29.7 Å². The fraction of sp³-hybridized carbons (Fsp3) is 0.467. The largest absolute Gasteiger partial charge is 0.493 e. The molecule has 1 aliphatic heterocycles. The van der Waals surface area contributed by atoms with Crippen LogP contribution >= 0.6 is 0 Å². The number of sulfone groups is 1. The highest BCUT2D eigenvalue weighted by Crippen LogP contribution is 2.28. The topological polar surface area (TPSA) is 64.6 Å². The van der Waals surface area contributed by atoms with Crippen molar-refractivity contribution < 1.29 is 17.9 Å². The van der Waals surface area contributed by atoms with Crippen LogP contribution in [0.25, 0.3) is 0 Å². The quantitative estimate of drug-likeness (QED) is 0.863. The molecule has 0 aliphatic carbocycles. The van der Waals surface area contributed by atoms with Gasteiger partial charge in [0.1, 0.15) is 0 Å². The molecule has 0 saturated heterocycles. The summed E-state index contributed by atoms with van der Waals surface area (Å²) in [4.78, 5) is 0. The Kier molecular flexibility index (Phi) is 4.90. The third-order valence-corrected chi connectivity index (χ3v) is 4.81. The van der Waals surface area contributed by atoms with E-state index < -0.39 is 9.84 Å². The molecule has 0 fully saturated rings. The molecule has 0 bridgehead atoms. The van der Waals surface area contributed by atoms with Crippen LogP contribution in [-0.2, 0) is 16.3 Å². The lowest BCUT2D eigenvalue weighted by atomic mass is 10.1. The van der Waals surface area contributed by atoms with E-state index in [4.69, 9.17) is 9.47 Å². The summed E-state index contributed by atoms with van der Waals surface area (Å²) in [7, 11) is 0.201. The van der Waals surface area contributed by atoms with Crippen molar-refractivity contribution in [1.82, 2.24) is 5.32 Å². The first kappa shape index (κ1) is 15.9. The molecule has 2 unspecified atom stereocenters. The number of nitrogens with one attached hydrogen (secondary N) is 1. The molecular formula is C15H21NO4S. The molecular weight excluding hydrogens is 290 g/mol. The molecule has 6 heteroatoms. The van der Waals surface area contributed by atoms with Crippen LogP contribution in [0.4, 0.5) is 0 Å². The lowest BCUT2D eigenvalue weighted by Crippen LogP contribution is -2.38. The minimum Gasteiger partial charge on any atom is -0.493 e. The lowest BCUT2D eigenvalue weighted by molar-refractivity contribution is 0.354. The van der Waals surface area contributed by atoms with Crippen molar-refractivity contribution in [2.45, 2.75) is 25.4 Å². The molecule has 0 saturated carbocycles. The number of hydrogen-bond donors (Lipinski definition) is 1. The van der Waals surface area contributed by atoms with Crippen LogP contribution in [-0.4, -0.2) is 40.5 Å². The van der Waals surface area contributed by atoms with Gasteiger partial charge < -0.3 is 14.8 Å². The van der Waals surface area contributed by atoms with E-state index >= 15 is 0 Å². The SMILES string of the molecule is COc1ccc(CC(C)NC2C=CS(=O)(=O)C2)cc1OC. The van der Waals surface area contributed by atoms with Crippen LogP contribution in [0.2, 0.25) is 0 Å². The minimum absolute atomic E-state index is 0.106. The zero-order valence-electron chi connectivity index (χ0n) is 12.5. The second kappa shape index (κ2) is 6.49. The van der Waals surface area contributed by atoms with E-state index in [0.717, 1.165) is 12.0 Å². The van der Waals surface area contributed by atoms with Crippen LogP contribution in [0.1, 0.15) is 12.5 Å². The summed E-state index contributed by atoms with van der Waals surface area (Å²) >= 11 is 0. The first-order valence-electron chi connectivity index (χ1n) is 6.81. The summed E-state index contributed by atoms with van der Waals surface area (Å²) in [6, 6.07) is 5.86. The Morgan fingerprint density at radius 1 is 1.29 bits per heavy atom. The maximum atomic E-state index is 11.4. The highest BCUT2D eigenvalue weighted by atomic mass is 32.2. The second-order valence-electron chi connectivity index (χ2n) is 5.23. The minimum atomic E-state index is -3.01. The smallest absolute Gasteiger partial charge is 0.173 e. The van der Waals surface area contributed by atoms with Gasteiger partial charge in [0.15, 0.2) is 21.3 Å². The van der Waals surface area contributed by atoms with E-state index in [2.05, 4.69) is 5.32 Å². The van der Waals surface area contributed by atoms with Gasteiger partial charge >= 0.3 is 0 Å². The van der Waals surface area contributed by atoms with Crippen molar-refractivity contribution in [3.63, 3.8) is 0 Å². The van der Waals surface area contributed by atoms with Gasteiger partial charge in [0, 0.05) is 17.5 Å². The predicted octanol–water partition coefficient (Wildman–Crippen LogP) is 1.54. The van der Waals surface area contributed by atoms with E-state index in [9.17, 15) is 8.42 Å². The maximum Gasteiger partial charge on any atom is 0.173 e. The molecule has 1 aromatic rings. The third-order valence-electron chi connectivity index (χ3n) is 3.42. The third kappa shape index (κ3) is 4.22. The van der Waals surface area contributed by atoms with Crippen LogP contribution < -0.4 is 14.8 Å². The van der Waals surface area contributed by atoms with Crippen molar-refractivity contribution in [1.29, 1.82) is 0 Å². The van der Waals surface area contributed by atoms with E-state index in [1.807, 2.05) is 25.1 Å². The molecule has 2 rings (SSSR count). The molecule has 21 heavy (non-hydrogen) atoms. The second-order valence-corrected chi connectivity index (χ2v) is 7.16. The summed E-state index contributed by atoms with van der Waals surface area (Å²) in [5.41, 5.74) is 1.11. The monoisotopic (exact) mass is 311 g/mol. The van der Waals surface area contributed by atoms with Crippen LogP contribution in [0.5, 0.6) is 11.5 Å². The number of benzene rings is 1. The zero-order valence-corrected chi connectivity index (χ0v) is 13.3. The van der Waals surface area contributed by atoms with E-state index in [1.54, 1.807) is 20.3 Å². The molecule has 1 heterocycles. The summed E-state index contributed by atoms with van der Waals surface area (Å²) in [6.45, 7) is 2.04. The summed E-state index contributed by atoms with van der Waals surface area (Å²) in [6.07, 6.45) is 2.49. The number of hydrogen-bond acceptors (Lipinski definition) is 5. The van der Waals surface area contributed by atoms with E-state index in [1.165, 1.54) is 5.41 Å². The van der Waals surface area contributed by atoms with Gasteiger partial charge in [0.2, 0.25) is 0 Å². The van der Waals surface area contributed by atoms with Crippen LogP contribution in [0, 0.1) is 0 Å². The average Bonchev–Trinajstić information content (AvgIpc) is 2.77. The fourth-order valence-corrected chi connectivity index (χ4v) is 3.71. The summed E-state index contributed by atoms with van der Waals surface area (Å²) in [5, 5.41) is 4.60. The number of rotatable bonds is 6. The van der Waals surface area contributed by atoms with E-state index in [0.29, 0.717) is 11.5 Å². The van der Waals surface area contributed by atoms with Crippen molar-refractivity contribution in [2.24, 2.45) is 0 Å². The van der Waals surface area contributed by atoms with Gasteiger partial charge in [-0.3, -0.25) is 0 Å². The number of ether oxygens (including phenoxy) is 2. The Morgan fingerprint density at radius 2 is 2.00 bits per heavy atom. The van der Waals surface area contributed by atoms with Gasteiger partial charge in [-0.2, -0.15) is 0 Å². The molecule has 116 valence electrons. The van der Waals surface area contributed by atoms with Gasteiger partial charge in [-0.1, -0.05) is 12.1 Å². The molecule has 0 amide bonds. The van der Waals surface area contributed by atoms with Gasteiger partial charge in [0.25, 0.3) is 0 Å². The van der Waals surface area contributed by atoms with Crippen molar-refractivity contribution in [2.75, 3.05) is 20.0 Å². The first-order valence-corrected chi connectivity index (χ1v) is 8.53. The van der Waals surface area contributed by atoms with Gasteiger partial charge in [0.05, 0.1) is 20.0 Å². The maximum absolute atomic E-state index is 11.4. The van der Waals surface area contributed by atoms with Gasteiger partial charge in [-0.05, 0) is 31.0 Å². The number of methoxy groups -OCH3 is 2. The fourth-order valence-electron chi connectivity index (χ4n) is 2.47. The van der Waals surface area contributed by atoms with Gasteiger partial charge in [-0.25, -0.2) is 8.42 Å². The predicted molar refractivity (Wildman–Crippen MR) is 82.6 cm³/mol. The molecule has 0 radical (unpaired) electrons. The molecule has 5 nitrogen and oxygen atoms in total. The Hall–Kier alpha value is -1.53. The zero-order chi connectivity index (χ0) is 15.5.